The first-order chi connectivity index (χ1) is 10.5. The number of hydrogen-bond donors (Lipinski definition) is 1. The first kappa shape index (κ1) is 21.9. The molecule has 0 aliphatic carbocycles. The third-order valence-corrected chi connectivity index (χ3v) is 3.67. The van der Waals surface area contributed by atoms with E-state index < -0.39 is 0 Å². The number of aliphatic imine (C=N–C) groups is 1. The lowest BCUT2D eigenvalue weighted by atomic mass is 9.98. The molecule has 0 aromatic rings. The Labute approximate surface area is 155 Å². The molecule has 1 aliphatic heterocycles. The number of carbonyl (C=O) groups is 2. The van der Waals surface area contributed by atoms with E-state index in [1.54, 1.807) is 26.0 Å². The van der Waals surface area contributed by atoms with Crippen LogP contribution in [0.25, 0.3) is 0 Å². The summed E-state index contributed by atoms with van der Waals surface area (Å²) in [4.78, 5) is 31.3. The average Bonchev–Trinajstić information content (AvgIpc) is 2.51. The number of nitrogens with zero attached hydrogens (tertiary/aromatic N) is 3. The molecule has 0 radical (unpaired) electrons. The van der Waals surface area contributed by atoms with Crippen LogP contribution in [-0.4, -0.2) is 75.0 Å². The molecule has 0 bridgehead atoms. The van der Waals surface area contributed by atoms with Crippen LogP contribution in [0.4, 0.5) is 0 Å². The van der Waals surface area contributed by atoms with Crippen molar-refractivity contribution in [2.24, 2.45) is 10.9 Å². The second-order valence-electron chi connectivity index (χ2n) is 5.55. The first-order valence-electron chi connectivity index (χ1n) is 7.82. The van der Waals surface area contributed by atoms with Gasteiger partial charge in [0.1, 0.15) is 0 Å². The van der Waals surface area contributed by atoms with E-state index in [1.165, 1.54) is 0 Å². The van der Waals surface area contributed by atoms with Gasteiger partial charge in [0.05, 0.1) is 12.5 Å². The molecule has 1 fully saturated rings. The van der Waals surface area contributed by atoms with Crippen molar-refractivity contribution in [2.45, 2.75) is 26.2 Å². The third kappa shape index (κ3) is 7.36. The molecule has 1 atom stereocenters. The summed E-state index contributed by atoms with van der Waals surface area (Å²) in [6.07, 6.45) is 2.20. The number of halogens is 1. The number of esters is 1. The van der Waals surface area contributed by atoms with Gasteiger partial charge in [0.15, 0.2) is 5.96 Å². The molecule has 0 aromatic heterocycles. The molecule has 134 valence electrons. The summed E-state index contributed by atoms with van der Waals surface area (Å²) in [6, 6.07) is 0. The second-order valence-corrected chi connectivity index (χ2v) is 5.55. The van der Waals surface area contributed by atoms with Crippen LogP contribution in [0.1, 0.15) is 26.2 Å². The second kappa shape index (κ2) is 11.5. The monoisotopic (exact) mass is 440 g/mol. The Bertz CT molecular complexity index is 416. The molecular formula is C15H29IN4O3. The molecule has 1 saturated heterocycles. The number of hydrogen-bond acceptors (Lipinski definition) is 4. The molecule has 1 N–H and O–H groups in total. The number of piperidine rings is 1. The van der Waals surface area contributed by atoms with Crippen LogP contribution in [0.2, 0.25) is 0 Å². The SMILES string of the molecule is CCOC(=O)C1CCCN(C(=NC)NCCC(=O)N(C)C)C1.I. The molecule has 1 heterocycles. The maximum absolute atomic E-state index is 11.9. The van der Waals surface area contributed by atoms with E-state index in [0.29, 0.717) is 26.1 Å². The van der Waals surface area contributed by atoms with Crippen molar-refractivity contribution in [2.75, 3.05) is 47.4 Å². The van der Waals surface area contributed by atoms with Crippen molar-refractivity contribution in [1.29, 1.82) is 0 Å². The van der Waals surface area contributed by atoms with Crippen LogP contribution in [0.15, 0.2) is 4.99 Å². The van der Waals surface area contributed by atoms with E-state index >= 15 is 0 Å². The molecule has 8 heteroatoms. The highest BCUT2D eigenvalue weighted by Gasteiger charge is 2.28. The molecule has 0 saturated carbocycles. The summed E-state index contributed by atoms with van der Waals surface area (Å²) in [6.45, 7) is 4.23. The normalized spacial score (nSPS) is 18.0. The van der Waals surface area contributed by atoms with Gasteiger partial charge in [-0.15, -0.1) is 24.0 Å². The number of amides is 1. The molecule has 1 unspecified atom stereocenters. The highest BCUT2D eigenvalue weighted by molar-refractivity contribution is 14.0. The Morgan fingerprint density at radius 1 is 1.39 bits per heavy atom. The lowest BCUT2D eigenvalue weighted by Crippen LogP contribution is -2.48. The van der Waals surface area contributed by atoms with Gasteiger partial charge in [-0.25, -0.2) is 0 Å². The highest BCUT2D eigenvalue weighted by atomic mass is 127. The quantitative estimate of drug-likeness (QED) is 0.298. The van der Waals surface area contributed by atoms with Crippen molar-refractivity contribution in [3.8, 4) is 0 Å². The van der Waals surface area contributed by atoms with Crippen LogP contribution in [0.5, 0.6) is 0 Å². The van der Waals surface area contributed by atoms with Gasteiger partial charge in [0.2, 0.25) is 5.91 Å². The number of nitrogens with one attached hydrogen (secondary N) is 1. The predicted molar refractivity (Wildman–Crippen MR) is 101 cm³/mol. The van der Waals surface area contributed by atoms with Gasteiger partial charge in [-0.05, 0) is 19.8 Å². The van der Waals surface area contributed by atoms with E-state index in [9.17, 15) is 9.59 Å². The van der Waals surface area contributed by atoms with E-state index in [1.807, 2.05) is 6.92 Å². The number of guanidine groups is 1. The van der Waals surface area contributed by atoms with E-state index in [2.05, 4.69) is 15.2 Å². The molecule has 1 amide bonds. The Hall–Kier alpha value is -1.06. The zero-order chi connectivity index (χ0) is 16.5. The minimum Gasteiger partial charge on any atom is -0.466 e. The van der Waals surface area contributed by atoms with Crippen LogP contribution < -0.4 is 5.32 Å². The summed E-state index contributed by atoms with van der Waals surface area (Å²) in [5, 5.41) is 3.19. The summed E-state index contributed by atoms with van der Waals surface area (Å²) in [5.74, 6) is 0.577. The van der Waals surface area contributed by atoms with Crippen molar-refractivity contribution in [3.63, 3.8) is 0 Å². The van der Waals surface area contributed by atoms with Gasteiger partial charge in [-0.1, -0.05) is 0 Å². The fourth-order valence-electron chi connectivity index (χ4n) is 2.46. The van der Waals surface area contributed by atoms with Crippen molar-refractivity contribution in [3.05, 3.63) is 0 Å². The van der Waals surface area contributed by atoms with Crippen LogP contribution in [-0.2, 0) is 14.3 Å². The lowest BCUT2D eigenvalue weighted by molar-refractivity contribution is -0.149. The Morgan fingerprint density at radius 2 is 2.09 bits per heavy atom. The van der Waals surface area contributed by atoms with E-state index in [0.717, 1.165) is 25.3 Å². The Balaban J connectivity index is 0.00000484. The molecule has 0 spiro atoms. The van der Waals surface area contributed by atoms with Gasteiger partial charge < -0.3 is 19.9 Å². The van der Waals surface area contributed by atoms with Crippen molar-refractivity contribution in [1.82, 2.24) is 15.1 Å². The smallest absolute Gasteiger partial charge is 0.310 e. The number of carbonyl (C=O) groups excluding carboxylic acids is 2. The van der Waals surface area contributed by atoms with E-state index in [4.69, 9.17) is 4.74 Å². The van der Waals surface area contributed by atoms with Gasteiger partial charge >= 0.3 is 5.97 Å². The first-order valence-corrected chi connectivity index (χ1v) is 7.82. The van der Waals surface area contributed by atoms with E-state index in [-0.39, 0.29) is 41.8 Å². The molecular weight excluding hydrogens is 411 g/mol. The lowest BCUT2D eigenvalue weighted by Gasteiger charge is -2.33. The van der Waals surface area contributed by atoms with Crippen LogP contribution in [0.3, 0.4) is 0 Å². The fraction of sp³-hybridized carbons (Fsp3) is 0.800. The minimum atomic E-state index is -0.134. The third-order valence-electron chi connectivity index (χ3n) is 3.67. The Morgan fingerprint density at radius 3 is 2.65 bits per heavy atom. The van der Waals surface area contributed by atoms with Crippen molar-refractivity contribution >= 4 is 41.8 Å². The Kier molecular flexibility index (Phi) is 10.9. The van der Waals surface area contributed by atoms with Gasteiger partial charge in [-0.3, -0.25) is 14.6 Å². The zero-order valence-electron chi connectivity index (χ0n) is 14.5. The number of rotatable bonds is 5. The summed E-state index contributed by atoms with van der Waals surface area (Å²) >= 11 is 0. The standard InChI is InChI=1S/C15H28N4O3.HI/c1-5-22-14(21)12-7-6-10-19(11-12)15(16-2)17-9-8-13(20)18(3)4;/h12H,5-11H2,1-4H3,(H,16,17);1H. The summed E-state index contributed by atoms with van der Waals surface area (Å²) < 4.78 is 5.11. The zero-order valence-corrected chi connectivity index (χ0v) is 16.8. The minimum absolute atomic E-state index is 0. The molecule has 7 nitrogen and oxygen atoms in total. The maximum atomic E-state index is 11.9. The van der Waals surface area contributed by atoms with Gasteiger partial charge in [-0.2, -0.15) is 0 Å². The summed E-state index contributed by atoms with van der Waals surface area (Å²) in [5.41, 5.74) is 0. The largest absolute Gasteiger partial charge is 0.466 e. The van der Waals surface area contributed by atoms with Crippen LogP contribution in [0, 0.1) is 5.92 Å². The van der Waals surface area contributed by atoms with Gasteiger partial charge in [0.25, 0.3) is 0 Å². The predicted octanol–water partition coefficient (Wildman–Crippen LogP) is 0.933. The molecule has 1 aliphatic rings. The molecule has 23 heavy (non-hydrogen) atoms. The van der Waals surface area contributed by atoms with Crippen LogP contribution >= 0.6 is 24.0 Å². The maximum Gasteiger partial charge on any atom is 0.310 e. The average molecular weight is 440 g/mol. The summed E-state index contributed by atoms with van der Waals surface area (Å²) in [7, 11) is 5.20. The topological polar surface area (TPSA) is 74.2 Å². The fourth-order valence-corrected chi connectivity index (χ4v) is 2.46. The molecule has 1 rings (SSSR count). The van der Waals surface area contributed by atoms with Crippen molar-refractivity contribution < 1.29 is 14.3 Å². The number of ether oxygens (including phenoxy) is 1. The van der Waals surface area contributed by atoms with Gasteiger partial charge in [0, 0.05) is 47.2 Å². The number of likely N-dealkylation sites (tertiary alicyclic amines) is 1. The highest BCUT2D eigenvalue weighted by Crippen LogP contribution is 2.18. The molecule has 0 aromatic carbocycles.